The smallest absolute Gasteiger partial charge is 0.335 e. The van der Waals surface area contributed by atoms with Crippen LogP contribution in [0.25, 0.3) is 5.65 Å². The highest BCUT2D eigenvalue weighted by atomic mass is 35.5. The molecule has 0 radical (unpaired) electrons. The Labute approximate surface area is 190 Å². The Morgan fingerprint density at radius 1 is 1.06 bits per heavy atom. The monoisotopic (exact) mass is 487 g/mol. The summed E-state index contributed by atoms with van der Waals surface area (Å²) in [7, 11) is 0. The lowest BCUT2D eigenvalue weighted by atomic mass is 10.1. The van der Waals surface area contributed by atoms with E-state index in [1.165, 1.54) is 24.0 Å². The van der Waals surface area contributed by atoms with Gasteiger partial charge in [0.25, 0.3) is 5.91 Å². The number of alkyl halides is 6. The van der Waals surface area contributed by atoms with E-state index in [0.717, 1.165) is 22.7 Å². The maximum Gasteiger partial charge on any atom is 0.416 e. The van der Waals surface area contributed by atoms with Crippen molar-refractivity contribution in [1.82, 2.24) is 24.4 Å². The molecule has 6 nitrogen and oxygen atoms in total. The van der Waals surface area contributed by atoms with Crippen LogP contribution in [0, 0.1) is 6.92 Å². The van der Waals surface area contributed by atoms with Crippen molar-refractivity contribution in [3.63, 3.8) is 0 Å². The van der Waals surface area contributed by atoms with Crippen molar-refractivity contribution >= 4 is 23.2 Å². The summed E-state index contributed by atoms with van der Waals surface area (Å²) in [5.41, 5.74) is -0.415. The summed E-state index contributed by atoms with van der Waals surface area (Å²) in [5, 5.41) is 0.306. The van der Waals surface area contributed by atoms with Crippen LogP contribution in [0.1, 0.15) is 33.0 Å². The van der Waals surface area contributed by atoms with Gasteiger partial charge in [-0.25, -0.2) is 9.50 Å². The number of carbonyl (C=O) groups excluding carboxylic acids is 1. The fourth-order valence-electron chi connectivity index (χ4n) is 3.78. The number of hydrogen-bond acceptors (Lipinski definition) is 4. The number of carbonyl (C=O) groups is 1. The van der Waals surface area contributed by atoms with Gasteiger partial charge in [0.15, 0.2) is 11.3 Å². The number of piperazine rings is 1. The summed E-state index contributed by atoms with van der Waals surface area (Å²) in [5.74, 6) is -0.444. The van der Waals surface area contributed by atoms with Gasteiger partial charge in [0, 0.05) is 44.5 Å². The van der Waals surface area contributed by atoms with Crippen LogP contribution in [-0.4, -0.2) is 56.5 Å². The average molecular weight is 488 g/mol. The SMILES string of the molecule is Cc1cc(C(F)(F)Cl)n2nc(C(=O)N3CCN(Cc4cccc(C(F)(F)F)c4)CC3)cc2n1. The lowest BCUT2D eigenvalue weighted by Crippen LogP contribution is -2.48. The zero-order valence-electron chi connectivity index (χ0n) is 17.4. The maximum atomic E-state index is 13.8. The van der Waals surface area contributed by atoms with Gasteiger partial charge in [-0.2, -0.15) is 27.1 Å². The van der Waals surface area contributed by atoms with E-state index in [9.17, 15) is 26.7 Å². The van der Waals surface area contributed by atoms with Crippen LogP contribution in [0.5, 0.6) is 0 Å². The Bertz CT molecular complexity index is 1180. The van der Waals surface area contributed by atoms with Crippen molar-refractivity contribution in [3.05, 3.63) is 64.6 Å². The predicted molar refractivity (Wildman–Crippen MR) is 110 cm³/mol. The lowest BCUT2D eigenvalue weighted by Gasteiger charge is -2.34. The highest BCUT2D eigenvalue weighted by molar-refractivity contribution is 6.21. The lowest BCUT2D eigenvalue weighted by molar-refractivity contribution is -0.137. The first-order valence-corrected chi connectivity index (χ1v) is 10.4. The van der Waals surface area contributed by atoms with Crippen molar-refractivity contribution in [3.8, 4) is 0 Å². The number of amides is 1. The molecule has 1 amide bonds. The second-order valence-electron chi connectivity index (χ2n) is 7.85. The van der Waals surface area contributed by atoms with E-state index in [2.05, 4.69) is 10.1 Å². The summed E-state index contributed by atoms with van der Waals surface area (Å²) in [6, 6.07) is 7.58. The average Bonchev–Trinajstić information content (AvgIpc) is 3.16. The number of benzene rings is 1. The summed E-state index contributed by atoms with van der Waals surface area (Å²) in [6.07, 6.45) is -4.41. The summed E-state index contributed by atoms with van der Waals surface area (Å²) in [4.78, 5) is 20.5. The Morgan fingerprint density at radius 2 is 1.76 bits per heavy atom. The molecular formula is C21H19ClF5N5O. The fourth-order valence-corrected chi connectivity index (χ4v) is 3.92. The van der Waals surface area contributed by atoms with Gasteiger partial charge < -0.3 is 4.90 Å². The molecule has 0 spiro atoms. The van der Waals surface area contributed by atoms with Crippen molar-refractivity contribution < 1.29 is 26.7 Å². The fraction of sp³-hybridized carbons (Fsp3) is 0.381. The molecule has 0 N–H and O–H groups in total. The van der Waals surface area contributed by atoms with Gasteiger partial charge in [0.2, 0.25) is 0 Å². The van der Waals surface area contributed by atoms with E-state index in [1.807, 2.05) is 4.90 Å². The van der Waals surface area contributed by atoms with Crippen molar-refractivity contribution in [2.45, 2.75) is 25.0 Å². The van der Waals surface area contributed by atoms with E-state index in [1.54, 1.807) is 6.07 Å². The predicted octanol–water partition coefficient (Wildman–Crippen LogP) is 4.30. The van der Waals surface area contributed by atoms with Gasteiger partial charge in [-0.05, 0) is 36.2 Å². The Kier molecular flexibility index (Phi) is 6.04. The number of rotatable bonds is 4. The van der Waals surface area contributed by atoms with Gasteiger partial charge in [0.05, 0.1) is 5.56 Å². The minimum atomic E-state index is -4.41. The minimum Gasteiger partial charge on any atom is -0.335 e. The second kappa shape index (κ2) is 8.53. The topological polar surface area (TPSA) is 53.7 Å². The summed E-state index contributed by atoms with van der Waals surface area (Å²) < 4.78 is 67.1. The first-order valence-electron chi connectivity index (χ1n) is 10.0. The Balaban J connectivity index is 1.44. The third-order valence-electron chi connectivity index (χ3n) is 5.38. The molecular weight excluding hydrogens is 469 g/mol. The number of aryl methyl sites for hydroxylation is 1. The van der Waals surface area contributed by atoms with Gasteiger partial charge in [-0.3, -0.25) is 9.69 Å². The van der Waals surface area contributed by atoms with Gasteiger partial charge in [0.1, 0.15) is 5.69 Å². The number of halogens is 6. The molecule has 1 aliphatic rings. The molecule has 3 heterocycles. The first-order chi connectivity index (χ1) is 15.4. The molecule has 0 aliphatic carbocycles. The molecule has 1 aliphatic heterocycles. The standard InChI is InChI=1S/C21H19ClF5N5O/c1-13-9-17(20(22,23)24)32-18(28-13)11-16(29-32)19(33)31-7-5-30(6-8-31)12-14-3-2-4-15(10-14)21(25,26)27/h2-4,9-11H,5-8,12H2,1H3. The van der Waals surface area contributed by atoms with Crippen LogP contribution < -0.4 is 0 Å². The van der Waals surface area contributed by atoms with Crippen LogP contribution in [0.4, 0.5) is 22.0 Å². The van der Waals surface area contributed by atoms with E-state index in [4.69, 9.17) is 11.6 Å². The molecule has 0 unspecified atom stereocenters. The van der Waals surface area contributed by atoms with Crippen molar-refractivity contribution in [1.29, 1.82) is 0 Å². The van der Waals surface area contributed by atoms with Crippen LogP contribution in [-0.2, 0) is 18.1 Å². The van der Waals surface area contributed by atoms with E-state index in [-0.39, 0.29) is 11.3 Å². The Morgan fingerprint density at radius 3 is 2.39 bits per heavy atom. The van der Waals surface area contributed by atoms with Crippen LogP contribution >= 0.6 is 11.6 Å². The number of fused-ring (bicyclic) bond motifs is 1. The van der Waals surface area contributed by atoms with Gasteiger partial charge in [-0.15, -0.1) is 0 Å². The maximum absolute atomic E-state index is 13.8. The third kappa shape index (κ3) is 5.09. The molecule has 0 bridgehead atoms. The number of hydrogen-bond donors (Lipinski definition) is 0. The summed E-state index contributed by atoms with van der Waals surface area (Å²) >= 11 is 5.18. The third-order valence-corrected chi connectivity index (χ3v) is 5.58. The highest BCUT2D eigenvalue weighted by Gasteiger charge is 2.34. The zero-order valence-corrected chi connectivity index (χ0v) is 18.2. The van der Waals surface area contributed by atoms with Crippen molar-refractivity contribution in [2.24, 2.45) is 0 Å². The molecule has 1 aromatic carbocycles. The molecule has 176 valence electrons. The van der Waals surface area contributed by atoms with Gasteiger partial charge >= 0.3 is 11.6 Å². The molecule has 33 heavy (non-hydrogen) atoms. The van der Waals surface area contributed by atoms with Crippen LogP contribution in [0.2, 0.25) is 0 Å². The largest absolute Gasteiger partial charge is 0.416 e. The zero-order chi connectivity index (χ0) is 24.0. The van der Waals surface area contributed by atoms with Crippen molar-refractivity contribution in [2.75, 3.05) is 26.2 Å². The molecule has 1 saturated heterocycles. The molecule has 2 aromatic heterocycles. The van der Waals surface area contributed by atoms with Gasteiger partial charge in [-0.1, -0.05) is 18.2 Å². The molecule has 0 saturated carbocycles. The minimum absolute atomic E-state index is 0.0402. The molecule has 12 heteroatoms. The molecule has 4 rings (SSSR count). The van der Waals surface area contributed by atoms with Crippen LogP contribution in [0.3, 0.4) is 0 Å². The van der Waals surface area contributed by atoms with Crippen LogP contribution in [0.15, 0.2) is 36.4 Å². The molecule has 3 aromatic rings. The first kappa shape index (κ1) is 23.4. The highest BCUT2D eigenvalue weighted by Crippen LogP contribution is 2.33. The van der Waals surface area contributed by atoms with E-state index < -0.39 is 28.7 Å². The summed E-state index contributed by atoms with van der Waals surface area (Å²) in [6.45, 7) is 3.37. The molecule has 0 atom stereocenters. The normalized spacial score (nSPS) is 15.9. The Hall–Kier alpha value is -2.79. The second-order valence-corrected chi connectivity index (χ2v) is 8.32. The van der Waals surface area contributed by atoms with E-state index >= 15 is 0 Å². The quantitative estimate of drug-likeness (QED) is 0.407. The number of nitrogens with zero attached hydrogens (tertiary/aromatic N) is 5. The van der Waals surface area contributed by atoms with E-state index in [0.29, 0.717) is 44.0 Å². The molecule has 1 fully saturated rings. The number of aromatic nitrogens is 3.